The van der Waals surface area contributed by atoms with Crippen LogP contribution in [-0.2, 0) is 9.59 Å². The van der Waals surface area contributed by atoms with Gasteiger partial charge in [0.25, 0.3) is 5.91 Å². The second-order valence-corrected chi connectivity index (χ2v) is 6.10. The molecule has 23 heavy (non-hydrogen) atoms. The Morgan fingerprint density at radius 2 is 1.83 bits per heavy atom. The quantitative estimate of drug-likeness (QED) is 0.856. The van der Waals surface area contributed by atoms with Crippen LogP contribution in [0.25, 0.3) is 5.57 Å². The van der Waals surface area contributed by atoms with Gasteiger partial charge in [0.15, 0.2) is 0 Å². The van der Waals surface area contributed by atoms with E-state index in [4.69, 9.17) is 11.6 Å². The summed E-state index contributed by atoms with van der Waals surface area (Å²) in [4.78, 5) is 27.4. The van der Waals surface area contributed by atoms with Crippen molar-refractivity contribution in [1.29, 1.82) is 0 Å². The summed E-state index contributed by atoms with van der Waals surface area (Å²) in [5, 5.41) is 9.96. The molecule has 0 radical (unpaired) electrons. The van der Waals surface area contributed by atoms with Gasteiger partial charge in [-0.25, -0.2) is 0 Å². The van der Waals surface area contributed by atoms with Gasteiger partial charge in [0.1, 0.15) is 6.10 Å². The maximum absolute atomic E-state index is 12.3. The molecule has 1 saturated heterocycles. The van der Waals surface area contributed by atoms with Crippen LogP contribution >= 0.6 is 11.6 Å². The fourth-order valence-corrected chi connectivity index (χ4v) is 2.70. The minimum atomic E-state index is -0.998. The standard InChI is InChI=1S/C17H21ClN2O3/c1-12(14-4-3-5-15(18)11-14)10-16(22)19-6-8-20(9-7-19)17(23)13(2)21/h3-5,10-11,13,21H,6-9H2,1-2H3/b12-10-. The number of amides is 2. The SMILES string of the molecule is C/C(=C/C(=O)N1CCN(C(=O)C(C)O)CC1)c1cccc(Cl)c1. The van der Waals surface area contributed by atoms with Gasteiger partial charge in [-0.3, -0.25) is 9.59 Å². The number of halogens is 1. The summed E-state index contributed by atoms with van der Waals surface area (Å²) < 4.78 is 0. The number of benzene rings is 1. The van der Waals surface area contributed by atoms with E-state index in [2.05, 4.69) is 0 Å². The van der Waals surface area contributed by atoms with E-state index >= 15 is 0 Å². The molecule has 0 saturated carbocycles. The zero-order valence-electron chi connectivity index (χ0n) is 13.3. The number of hydrogen-bond donors (Lipinski definition) is 1. The third kappa shape index (κ3) is 4.56. The molecule has 5 nitrogen and oxygen atoms in total. The molecule has 0 bridgehead atoms. The Morgan fingerprint density at radius 3 is 2.39 bits per heavy atom. The number of nitrogens with zero attached hydrogens (tertiary/aromatic N) is 2. The highest BCUT2D eigenvalue weighted by atomic mass is 35.5. The summed E-state index contributed by atoms with van der Waals surface area (Å²) in [5.41, 5.74) is 1.76. The summed E-state index contributed by atoms with van der Waals surface area (Å²) in [6.07, 6.45) is 0.597. The Labute approximate surface area is 141 Å². The van der Waals surface area contributed by atoms with Crippen LogP contribution in [0.15, 0.2) is 30.3 Å². The Morgan fingerprint density at radius 1 is 1.22 bits per heavy atom. The molecule has 1 N–H and O–H groups in total. The van der Waals surface area contributed by atoms with E-state index in [0.29, 0.717) is 31.2 Å². The number of allylic oxidation sites excluding steroid dienone is 1. The van der Waals surface area contributed by atoms with Gasteiger partial charge >= 0.3 is 0 Å². The van der Waals surface area contributed by atoms with E-state index in [0.717, 1.165) is 11.1 Å². The Hall–Kier alpha value is -1.85. The lowest BCUT2D eigenvalue weighted by Crippen LogP contribution is -2.52. The summed E-state index contributed by atoms with van der Waals surface area (Å²) in [7, 11) is 0. The van der Waals surface area contributed by atoms with Crippen molar-refractivity contribution in [3.8, 4) is 0 Å². The number of aliphatic hydroxyl groups excluding tert-OH is 1. The topological polar surface area (TPSA) is 60.9 Å². The molecular weight excluding hydrogens is 316 g/mol. The van der Waals surface area contributed by atoms with Gasteiger partial charge in [-0.05, 0) is 37.1 Å². The highest BCUT2D eigenvalue weighted by molar-refractivity contribution is 6.30. The first-order valence-corrected chi connectivity index (χ1v) is 7.96. The van der Waals surface area contributed by atoms with Crippen molar-refractivity contribution < 1.29 is 14.7 Å². The normalized spacial score (nSPS) is 17.1. The minimum absolute atomic E-state index is 0.0772. The minimum Gasteiger partial charge on any atom is -0.384 e. The van der Waals surface area contributed by atoms with E-state index in [1.54, 1.807) is 21.9 Å². The van der Waals surface area contributed by atoms with Gasteiger partial charge in [-0.15, -0.1) is 0 Å². The molecule has 2 rings (SSSR count). The molecule has 2 amide bonds. The molecule has 1 heterocycles. The first-order chi connectivity index (χ1) is 10.9. The van der Waals surface area contributed by atoms with Crippen LogP contribution in [0.1, 0.15) is 19.4 Å². The smallest absolute Gasteiger partial charge is 0.251 e. The highest BCUT2D eigenvalue weighted by Crippen LogP contribution is 2.18. The third-order valence-corrected chi connectivity index (χ3v) is 4.12. The summed E-state index contributed by atoms with van der Waals surface area (Å²) >= 11 is 5.96. The van der Waals surface area contributed by atoms with Gasteiger partial charge in [0, 0.05) is 37.3 Å². The first kappa shape index (κ1) is 17.5. The molecule has 0 spiro atoms. The number of aliphatic hydroxyl groups is 1. The molecule has 1 unspecified atom stereocenters. The molecule has 1 fully saturated rings. The second-order valence-electron chi connectivity index (χ2n) is 5.66. The van der Waals surface area contributed by atoms with Crippen molar-refractivity contribution in [2.75, 3.05) is 26.2 Å². The van der Waals surface area contributed by atoms with E-state index in [-0.39, 0.29) is 11.8 Å². The van der Waals surface area contributed by atoms with E-state index in [9.17, 15) is 14.7 Å². The number of carbonyl (C=O) groups excluding carboxylic acids is 2. The lowest BCUT2D eigenvalue weighted by molar-refractivity contribution is -0.143. The average molecular weight is 337 g/mol. The average Bonchev–Trinajstić information content (AvgIpc) is 2.54. The Kier molecular flexibility index (Phi) is 5.80. The third-order valence-electron chi connectivity index (χ3n) is 3.88. The fourth-order valence-electron chi connectivity index (χ4n) is 2.51. The molecule has 1 atom stereocenters. The maximum atomic E-state index is 12.3. The molecule has 6 heteroatoms. The van der Waals surface area contributed by atoms with Crippen molar-refractivity contribution >= 4 is 29.0 Å². The summed E-state index contributed by atoms with van der Waals surface area (Å²) in [6.45, 7) is 5.15. The molecule has 0 aliphatic carbocycles. The molecule has 0 aromatic heterocycles. The van der Waals surface area contributed by atoms with Crippen LogP contribution in [0.3, 0.4) is 0 Å². The van der Waals surface area contributed by atoms with E-state index in [1.165, 1.54) is 6.92 Å². The van der Waals surface area contributed by atoms with Gasteiger partial charge < -0.3 is 14.9 Å². The highest BCUT2D eigenvalue weighted by Gasteiger charge is 2.25. The van der Waals surface area contributed by atoms with Gasteiger partial charge in [-0.1, -0.05) is 23.7 Å². The molecule has 1 aliphatic rings. The van der Waals surface area contributed by atoms with Crippen LogP contribution in [0.4, 0.5) is 0 Å². The van der Waals surface area contributed by atoms with Crippen LogP contribution in [0, 0.1) is 0 Å². The van der Waals surface area contributed by atoms with Crippen molar-refractivity contribution in [2.45, 2.75) is 20.0 Å². The van der Waals surface area contributed by atoms with Gasteiger partial charge in [0.05, 0.1) is 0 Å². The number of carbonyl (C=O) groups is 2. The van der Waals surface area contributed by atoms with Crippen molar-refractivity contribution in [1.82, 2.24) is 9.80 Å². The first-order valence-electron chi connectivity index (χ1n) is 7.58. The van der Waals surface area contributed by atoms with Crippen molar-refractivity contribution in [3.63, 3.8) is 0 Å². The number of rotatable bonds is 3. The van der Waals surface area contributed by atoms with E-state index in [1.807, 2.05) is 25.1 Å². The second kappa shape index (κ2) is 7.62. The predicted octanol–water partition coefficient (Wildman–Crippen LogP) is 1.79. The van der Waals surface area contributed by atoms with Crippen LogP contribution in [-0.4, -0.2) is 59.0 Å². The fraction of sp³-hybridized carbons (Fsp3) is 0.412. The lowest BCUT2D eigenvalue weighted by Gasteiger charge is -2.34. The van der Waals surface area contributed by atoms with Crippen LogP contribution in [0.2, 0.25) is 5.02 Å². The zero-order valence-corrected chi connectivity index (χ0v) is 14.1. The van der Waals surface area contributed by atoms with Crippen LogP contribution < -0.4 is 0 Å². The molecule has 124 valence electrons. The maximum Gasteiger partial charge on any atom is 0.251 e. The number of piperazine rings is 1. The van der Waals surface area contributed by atoms with Crippen molar-refractivity contribution in [3.05, 3.63) is 40.9 Å². The van der Waals surface area contributed by atoms with Gasteiger partial charge in [-0.2, -0.15) is 0 Å². The van der Waals surface area contributed by atoms with Crippen molar-refractivity contribution in [2.24, 2.45) is 0 Å². The van der Waals surface area contributed by atoms with Crippen LogP contribution in [0.5, 0.6) is 0 Å². The Balaban J connectivity index is 1.97. The van der Waals surface area contributed by atoms with E-state index < -0.39 is 6.10 Å². The molecule has 1 aromatic carbocycles. The summed E-state index contributed by atoms with van der Waals surface area (Å²) in [5.74, 6) is -0.366. The summed E-state index contributed by atoms with van der Waals surface area (Å²) in [6, 6.07) is 7.36. The monoisotopic (exact) mass is 336 g/mol. The largest absolute Gasteiger partial charge is 0.384 e. The molecule has 1 aromatic rings. The van der Waals surface area contributed by atoms with Gasteiger partial charge in [0.2, 0.25) is 5.91 Å². The number of hydrogen-bond acceptors (Lipinski definition) is 3. The molecular formula is C17H21ClN2O3. The molecule has 1 aliphatic heterocycles. The predicted molar refractivity (Wildman–Crippen MR) is 89.9 cm³/mol. The Bertz CT molecular complexity index is 620. The zero-order chi connectivity index (χ0) is 17.0. The lowest BCUT2D eigenvalue weighted by atomic mass is 10.1.